The molecule has 1 heterocycles. The number of rotatable bonds is 9. The van der Waals surface area contributed by atoms with Gasteiger partial charge in [-0.2, -0.15) is 0 Å². The van der Waals surface area contributed by atoms with E-state index in [2.05, 4.69) is 20.0 Å². The number of ether oxygens (including phenoxy) is 1. The molecular weight excluding hydrogens is 480 g/mol. The number of aromatic nitrogens is 2. The lowest BCUT2D eigenvalue weighted by atomic mass is 10.2. The molecule has 0 saturated heterocycles. The van der Waals surface area contributed by atoms with Crippen LogP contribution in [0.2, 0.25) is 0 Å². The molecule has 10 heteroatoms. The van der Waals surface area contributed by atoms with Crippen LogP contribution >= 0.6 is 0 Å². The van der Waals surface area contributed by atoms with Gasteiger partial charge in [0.25, 0.3) is 11.5 Å². The van der Waals surface area contributed by atoms with Gasteiger partial charge in [-0.15, -0.1) is 0 Å². The lowest BCUT2D eigenvalue weighted by Crippen LogP contribution is -2.23. The molecule has 0 atom stereocenters. The Bertz CT molecular complexity index is 1520. The van der Waals surface area contributed by atoms with Gasteiger partial charge in [-0.3, -0.25) is 9.59 Å². The zero-order valence-corrected chi connectivity index (χ0v) is 20.2. The average molecular weight is 505 g/mol. The van der Waals surface area contributed by atoms with Crippen LogP contribution in [0.5, 0.6) is 5.75 Å². The fraction of sp³-hybridized carbons (Fsp3) is 0.115. The third-order valence-corrected chi connectivity index (χ3v) is 6.52. The molecule has 0 aliphatic carbocycles. The average Bonchev–Trinajstić information content (AvgIpc) is 2.87. The van der Waals surface area contributed by atoms with Crippen LogP contribution in [0.15, 0.2) is 94.6 Å². The van der Waals surface area contributed by atoms with Crippen LogP contribution in [0.4, 0.5) is 5.69 Å². The first-order valence-corrected chi connectivity index (χ1v) is 12.5. The molecular formula is C26H24N4O5S. The number of carbonyl (C=O) groups excluding carboxylic acids is 1. The Balaban J connectivity index is 1.32. The monoisotopic (exact) mass is 504 g/mol. The highest BCUT2D eigenvalue weighted by molar-refractivity contribution is 7.89. The summed E-state index contributed by atoms with van der Waals surface area (Å²) >= 11 is 0. The van der Waals surface area contributed by atoms with Gasteiger partial charge in [-0.1, -0.05) is 42.5 Å². The maximum atomic E-state index is 12.5. The van der Waals surface area contributed by atoms with Crippen LogP contribution in [-0.4, -0.2) is 30.9 Å². The fourth-order valence-electron chi connectivity index (χ4n) is 3.38. The minimum atomic E-state index is -3.69. The molecule has 0 radical (unpaired) electrons. The van der Waals surface area contributed by atoms with E-state index in [0.29, 0.717) is 28.5 Å². The second kappa shape index (κ2) is 11.0. The highest BCUT2D eigenvalue weighted by Crippen LogP contribution is 2.19. The van der Waals surface area contributed by atoms with E-state index in [0.717, 1.165) is 5.56 Å². The number of hydrogen-bond acceptors (Lipinski definition) is 6. The second-order valence-corrected chi connectivity index (χ2v) is 9.70. The summed E-state index contributed by atoms with van der Waals surface area (Å²) in [6.07, 6.45) is 0. The van der Waals surface area contributed by atoms with E-state index in [-0.39, 0.29) is 23.6 Å². The smallest absolute Gasteiger partial charge is 0.262 e. The number of anilines is 1. The van der Waals surface area contributed by atoms with Crippen molar-refractivity contribution in [2.75, 3.05) is 11.9 Å². The summed E-state index contributed by atoms with van der Waals surface area (Å²) in [6, 6.07) is 23.3. The molecule has 0 aliphatic rings. The largest absolute Gasteiger partial charge is 0.484 e. The number of hydrogen-bond donors (Lipinski definition) is 3. The Morgan fingerprint density at radius 3 is 2.44 bits per heavy atom. The predicted octanol–water partition coefficient (Wildman–Crippen LogP) is 3.24. The molecule has 0 spiro atoms. The Morgan fingerprint density at radius 2 is 1.72 bits per heavy atom. The molecule has 4 rings (SSSR count). The number of sulfonamides is 1. The molecule has 1 aromatic heterocycles. The summed E-state index contributed by atoms with van der Waals surface area (Å²) in [6.45, 7) is 1.63. The van der Waals surface area contributed by atoms with E-state index in [1.807, 2.05) is 30.3 Å². The highest BCUT2D eigenvalue weighted by Gasteiger charge is 2.14. The van der Waals surface area contributed by atoms with Crippen molar-refractivity contribution in [3.8, 4) is 17.1 Å². The van der Waals surface area contributed by atoms with Gasteiger partial charge < -0.3 is 15.0 Å². The van der Waals surface area contributed by atoms with Crippen LogP contribution in [0.3, 0.4) is 0 Å². The second-order valence-electron chi connectivity index (χ2n) is 7.93. The molecule has 3 N–H and O–H groups in total. The molecule has 0 fully saturated rings. The van der Waals surface area contributed by atoms with Crippen molar-refractivity contribution < 1.29 is 17.9 Å². The molecule has 36 heavy (non-hydrogen) atoms. The molecule has 0 bridgehead atoms. The van der Waals surface area contributed by atoms with Gasteiger partial charge in [-0.05, 0) is 48.9 Å². The molecule has 184 valence electrons. The number of H-pyrrole nitrogens is 1. The summed E-state index contributed by atoms with van der Waals surface area (Å²) in [7, 11) is -3.69. The summed E-state index contributed by atoms with van der Waals surface area (Å²) in [5.41, 5.74) is 2.33. The normalized spacial score (nSPS) is 11.1. The number of nitrogens with one attached hydrogen (secondary N) is 3. The zero-order valence-electron chi connectivity index (χ0n) is 19.4. The third-order valence-electron chi connectivity index (χ3n) is 5.10. The Kier molecular flexibility index (Phi) is 7.57. The first-order valence-electron chi connectivity index (χ1n) is 11.0. The van der Waals surface area contributed by atoms with Crippen LogP contribution in [-0.2, 0) is 21.4 Å². The van der Waals surface area contributed by atoms with Gasteiger partial charge in [0.05, 0.1) is 4.90 Å². The molecule has 4 aromatic rings. The van der Waals surface area contributed by atoms with Gasteiger partial charge in [0.15, 0.2) is 6.61 Å². The van der Waals surface area contributed by atoms with E-state index in [9.17, 15) is 18.0 Å². The first kappa shape index (κ1) is 24.8. The molecule has 3 aromatic carbocycles. The first-order chi connectivity index (χ1) is 17.3. The Hall–Kier alpha value is -4.28. The van der Waals surface area contributed by atoms with Gasteiger partial charge in [0, 0.05) is 29.6 Å². The van der Waals surface area contributed by atoms with Crippen molar-refractivity contribution in [2.45, 2.75) is 18.4 Å². The van der Waals surface area contributed by atoms with Gasteiger partial charge in [0.1, 0.15) is 11.6 Å². The van der Waals surface area contributed by atoms with Crippen LogP contribution in [0, 0.1) is 6.92 Å². The molecule has 0 aliphatic heterocycles. The fourth-order valence-corrected chi connectivity index (χ4v) is 4.40. The maximum Gasteiger partial charge on any atom is 0.262 e. The predicted molar refractivity (Wildman–Crippen MR) is 136 cm³/mol. The van der Waals surface area contributed by atoms with Crippen molar-refractivity contribution in [1.29, 1.82) is 0 Å². The third kappa shape index (κ3) is 6.65. The molecule has 0 saturated carbocycles. The lowest BCUT2D eigenvalue weighted by molar-refractivity contribution is -0.118. The van der Waals surface area contributed by atoms with E-state index >= 15 is 0 Å². The van der Waals surface area contributed by atoms with E-state index in [4.69, 9.17) is 4.74 Å². The Morgan fingerprint density at radius 1 is 0.972 bits per heavy atom. The summed E-state index contributed by atoms with van der Waals surface area (Å²) in [5, 5.41) is 2.73. The van der Waals surface area contributed by atoms with E-state index in [1.165, 1.54) is 30.3 Å². The highest BCUT2D eigenvalue weighted by atomic mass is 32.2. The van der Waals surface area contributed by atoms with E-state index in [1.54, 1.807) is 31.2 Å². The maximum absolute atomic E-state index is 12.5. The summed E-state index contributed by atoms with van der Waals surface area (Å²) in [5.74, 6) is 0.349. The van der Waals surface area contributed by atoms with Crippen molar-refractivity contribution in [3.63, 3.8) is 0 Å². The van der Waals surface area contributed by atoms with Gasteiger partial charge in [0.2, 0.25) is 10.0 Å². The van der Waals surface area contributed by atoms with Crippen molar-refractivity contribution in [2.24, 2.45) is 0 Å². The van der Waals surface area contributed by atoms with Gasteiger partial charge in [-0.25, -0.2) is 18.1 Å². The zero-order chi connectivity index (χ0) is 25.5. The topological polar surface area (TPSA) is 130 Å². The molecule has 1 amide bonds. The van der Waals surface area contributed by atoms with Crippen LogP contribution < -0.4 is 20.3 Å². The lowest BCUT2D eigenvalue weighted by Gasteiger charge is -2.10. The van der Waals surface area contributed by atoms with Crippen molar-refractivity contribution >= 4 is 21.6 Å². The van der Waals surface area contributed by atoms with E-state index < -0.39 is 15.9 Å². The number of amides is 1. The minimum Gasteiger partial charge on any atom is -0.484 e. The number of aryl methyl sites for hydroxylation is 1. The van der Waals surface area contributed by atoms with Crippen LogP contribution in [0.25, 0.3) is 11.4 Å². The number of nitrogens with zero attached hydrogens (tertiary/aromatic N) is 1. The van der Waals surface area contributed by atoms with Crippen LogP contribution in [0.1, 0.15) is 11.3 Å². The van der Waals surface area contributed by atoms with Crippen molar-refractivity contribution in [3.05, 3.63) is 107 Å². The van der Waals surface area contributed by atoms with Crippen molar-refractivity contribution in [1.82, 2.24) is 14.7 Å². The Labute approximate surface area is 208 Å². The number of benzene rings is 3. The quantitative estimate of drug-likeness (QED) is 0.321. The summed E-state index contributed by atoms with van der Waals surface area (Å²) in [4.78, 5) is 31.2. The number of aromatic amines is 1. The number of carbonyl (C=O) groups is 1. The van der Waals surface area contributed by atoms with Gasteiger partial charge >= 0.3 is 0 Å². The molecule has 0 unspecified atom stereocenters. The standard InChI is InChI=1S/C26H24N4O5S/c1-18-14-24(31)30-26(28-18)20-8-5-9-21(15-20)29-25(32)17-35-22-10-12-23(13-11-22)36(33,34)27-16-19-6-3-2-4-7-19/h2-15,27H,16-17H2,1H3,(H,29,32)(H,28,30,31). The minimum absolute atomic E-state index is 0.0925. The summed E-state index contributed by atoms with van der Waals surface area (Å²) < 4.78 is 33.1. The SMILES string of the molecule is Cc1cc(=O)[nH]c(-c2cccc(NC(=O)COc3ccc(S(=O)(=O)NCc4ccccc4)cc3)c2)n1. The molecule has 9 nitrogen and oxygen atoms in total.